The number of hydrogen-bond acceptors (Lipinski definition) is 2. The Hall–Kier alpha value is -1.24. The molecule has 0 saturated carbocycles. The highest BCUT2D eigenvalue weighted by molar-refractivity contribution is 7.20. The Kier molecular flexibility index (Phi) is 4.51. The normalized spacial score (nSPS) is 11.5. The highest BCUT2D eigenvalue weighted by Crippen LogP contribution is 2.34. The smallest absolute Gasteiger partial charge is 0.322 e. The second kappa shape index (κ2) is 5.87. The summed E-state index contributed by atoms with van der Waals surface area (Å²) in [5, 5.41) is 2.38. The molecule has 0 spiro atoms. The van der Waals surface area contributed by atoms with Crippen molar-refractivity contribution >= 4 is 46.1 Å². The topological polar surface area (TPSA) is 29.1 Å². The van der Waals surface area contributed by atoms with Crippen molar-refractivity contribution in [3.8, 4) is 0 Å². The quantitative estimate of drug-likeness (QED) is 0.744. The summed E-state index contributed by atoms with van der Waals surface area (Å²) in [6, 6.07) is 4.93. The van der Waals surface area contributed by atoms with Crippen molar-refractivity contribution < 1.29 is 18.0 Å². The standard InChI is InChI=1S/C13H8Cl2F3NOS/c1-6-2-3-7(4-9(6)13(16,17)18)19-12(20)8-5-10(14)21-11(8)15/h2-5H,1H3,(H,19,20). The van der Waals surface area contributed by atoms with Crippen molar-refractivity contribution in [2.24, 2.45) is 0 Å². The first-order valence-electron chi connectivity index (χ1n) is 5.62. The Morgan fingerprint density at radius 2 is 1.90 bits per heavy atom. The molecule has 21 heavy (non-hydrogen) atoms. The number of thiophene rings is 1. The lowest BCUT2D eigenvalue weighted by atomic mass is 10.1. The Morgan fingerprint density at radius 1 is 1.24 bits per heavy atom. The Morgan fingerprint density at radius 3 is 2.43 bits per heavy atom. The molecule has 2 rings (SSSR count). The number of carbonyl (C=O) groups excluding carboxylic acids is 1. The van der Waals surface area contributed by atoms with Gasteiger partial charge in [-0.15, -0.1) is 11.3 Å². The van der Waals surface area contributed by atoms with E-state index in [-0.39, 0.29) is 21.2 Å². The SMILES string of the molecule is Cc1ccc(NC(=O)c2cc(Cl)sc2Cl)cc1C(F)(F)F. The third kappa shape index (κ3) is 3.70. The summed E-state index contributed by atoms with van der Waals surface area (Å²) in [4.78, 5) is 12.0. The van der Waals surface area contributed by atoms with E-state index in [9.17, 15) is 18.0 Å². The van der Waals surface area contributed by atoms with Crippen molar-refractivity contribution in [2.75, 3.05) is 5.32 Å². The Labute approximate surface area is 132 Å². The van der Waals surface area contributed by atoms with Crippen molar-refractivity contribution in [2.45, 2.75) is 13.1 Å². The van der Waals surface area contributed by atoms with E-state index in [0.29, 0.717) is 4.34 Å². The zero-order valence-electron chi connectivity index (χ0n) is 10.5. The maximum atomic E-state index is 12.8. The van der Waals surface area contributed by atoms with E-state index in [1.807, 2.05) is 0 Å². The van der Waals surface area contributed by atoms with Crippen LogP contribution in [-0.4, -0.2) is 5.91 Å². The van der Waals surface area contributed by atoms with Gasteiger partial charge in [0.05, 0.1) is 15.5 Å². The predicted molar refractivity (Wildman–Crippen MR) is 78.5 cm³/mol. The minimum Gasteiger partial charge on any atom is -0.322 e. The predicted octanol–water partition coefficient (Wildman–Crippen LogP) is 5.63. The lowest BCUT2D eigenvalue weighted by molar-refractivity contribution is -0.138. The van der Waals surface area contributed by atoms with Crippen molar-refractivity contribution in [3.63, 3.8) is 0 Å². The molecule has 1 aromatic heterocycles. The van der Waals surface area contributed by atoms with E-state index in [0.717, 1.165) is 17.4 Å². The number of amides is 1. The van der Waals surface area contributed by atoms with Gasteiger partial charge in [-0.25, -0.2) is 0 Å². The summed E-state index contributed by atoms with van der Waals surface area (Å²) in [6.45, 7) is 1.35. The number of halogens is 5. The minimum absolute atomic E-state index is 0.0383. The summed E-state index contributed by atoms with van der Waals surface area (Å²) in [7, 11) is 0. The molecule has 0 radical (unpaired) electrons. The van der Waals surface area contributed by atoms with Crippen LogP contribution in [-0.2, 0) is 6.18 Å². The highest BCUT2D eigenvalue weighted by atomic mass is 35.5. The molecule has 1 heterocycles. The van der Waals surface area contributed by atoms with Crippen molar-refractivity contribution in [3.05, 3.63) is 49.6 Å². The van der Waals surface area contributed by atoms with Crippen LogP contribution in [0.4, 0.5) is 18.9 Å². The largest absolute Gasteiger partial charge is 0.416 e. The minimum atomic E-state index is -4.48. The van der Waals surface area contributed by atoms with E-state index in [1.54, 1.807) is 0 Å². The second-order valence-corrected chi connectivity index (χ2v) is 6.51. The third-order valence-corrected chi connectivity index (χ3v) is 4.19. The molecule has 1 aromatic carbocycles. The first-order valence-corrected chi connectivity index (χ1v) is 7.20. The van der Waals surface area contributed by atoms with Gasteiger partial charge in [0.2, 0.25) is 0 Å². The van der Waals surface area contributed by atoms with Crippen LogP contribution in [0.15, 0.2) is 24.3 Å². The molecular formula is C13H8Cl2F3NOS. The van der Waals surface area contributed by atoms with Gasteiger partial charge < -0.3 is 5.32 Å². The number of aryl methyl sites for hydroxylation is 1. The number of hydrogen-bond donors (Lipinski definition) is 1. The van der Waals surface area contributed by atoms with Crippen LogP contribution in [0.1, 0.15) is 21.5 Å². The average Bonchev–Trinajstić information content (AvgIpc) is 2.69. The van der Waals surface area contributed by atoms with Gasteiger partial charge in [0.15, 0.2) is 0 Å². The molecule has 0 aliphatic heterocycles. The van der Waals surface area contributed by atoms with Crippen LogP contribution in [0.3, 0.4) is 0 Å². The average molecular weight is 354 g/mol. The van der Waals surface area contributed by atoms with Crippen LogP contribution in [0.2, 0.25) is 8.67 Å². The number of nitrogens with one attached hydrogen (secondary N) is 1. The Bertz CT molecular complexity index is 697. The van der Waals surface area contributed by atoms with Crippen molar-refractivity contribution in [1.82, 2.24) is 0 Å². The van der Waals surface area contributed by atoms with Crippen LogP contribution < -0.4 is 5.32 Å². The van der Waals surface area contributed by atoms with Gasteiger partial charge >= 0.3 is 6.18 Å². The van der Waals surface area contributed by atoms with Gasteiger partial charge in [-0.05, 0) is 30.7 Å². The number of benzene rings is 1. The Balaban J connectivity index is 2.28. The summed E-state index contributed by atoms with van der Waals surface area (Å²) in [5.41, 5.74) is -0.552. The fraction of sp³-hybridized carbons (Fsp3) is 0.154. The third-order valence-electron chi connectivity index (χ3n) is 2.70. The molecule has 0 bridgehead atoms. The summed E-state index contributed by atoms with van der Waals surface area (Å²) < 4.78 is 38.9. The van der Waals surface area contributed by atoms with E-state index in [2.05, 4.69) is 5.32 Å². The number of carbonyl (C=O) groups is 1. The molecule has 2 nitrogen and oxygen atoms in total. The summed E-state index contributed by atoms with van der Waals surface area (Å²) in [6.07, 6.45) is -4.48. The van der Waals surface area contributed by atoms with Gasteiger partial charge in [-0.3, -0.25) is 4.79 Å². The monoisotopic (exact) mass is 353 g/mol. The zero-order valence-corrected chi connectivity index (χ0v) is 12.8. The summed E-state index contributed by atoms with van der Waals surface area (Å²) in [5.74, 6) is -0.611. The molecule has 0 unspecified atom stereocenters. The van der Waals surface area contributed by atoms with E-state index < -0.39 is 17.6 Å². The zero-order chi connectivity index (χ0) is 15.8. The lowest BCUT2D eigenvalue weighted by Gasteiger charge is -2.12. The number of rotatable bonds is 2. The van der Waals surface area contributed by atoms with Crippen LogP contribution >= 0.6 is 34.5 Å². The molecule has 0 aliphatic carbocycles. The molecular weight excluding hydrogens is 346 g/mol. The van der Waals surface area contributed by atoms with E-state index in [4.69, 9.17) is 23.2 Å². The number of alkyl halides is 3. The fourth-order valence-corrected chi connectivity index (χ4v) is 3.16. The molecule has 1 N–H and O–H groups in total. The van der Waals surface area contributed by atoms with Gasteiger partial charge in [-0.2, -0.15) is 13.2 Å². The fourth-order valence-electron chi connectivity index (χ4n) is 1.70. The molecule has 2 aromatic rings. The lowest BCUT2D eigenvalue weighted by Crippen LogP contribution is -2.13. The molecule has 1 amide bonds. The highest BCUT2D eigenvalue weighted by Gasteiger charge is 2.32. The van der Waals surface area contributed by atoms with Crippen LogP contribution in [0.5, 0.6) is 0 Å². The molecule has 0 aliphatic rings. The van der Waals surface area contributed by atoms with Gasteiger partial charge in [0, 0.05) is 5.69 Å². The molecule has 0 atom stereocenters. The van der Waals surface area contributed by atoms with Gasteiger partial charge in [0.1, 0.15) is 4.34 Å². The van der Waals surface area contributed by atoms with E-state index in [1.165, 1.54) is 25.1 Å². The maximum absolute atomic E-state index is 12.8. The first-order chi connectivity index (χ1) is 9.68. The summed E-state index contributed by atoms with van der Waals surface area (Å²) >= 11 is 12.6. The maximum Gasteiger partial charge on any atom is 0.416 e. The first kappa shape index (κ1) is 16.1. The molecule has 112 valence electrons. The molecule has 8 heteroatoms. The number of anilines is 1. The second-order valence-electron chi connectivity index (χ2n) is 4.22. The molecule has 0 fully saturated rings. The van der Waals surface area contributed by atoms with Gasteiger partial charge in [-0.1, -0.05) is 29.3 Å². The van der Waals surface area contributed by atoms with Crippen molar-refractivity contribution in [1.29, 1.82) is 0 Å². The van der Waals surface area contributed by atoms with Crippen LogP contribution in [0, 0.1) is 6.92 Å². The van der Waals surface area contributed by atoms with Crippen LogP contribution in [0.25, 0.3) is 0 Å². The van der Waals surface area contributed by atoms with Gasteiger partial charge in [0.25, 0.3) is 5.91 Å². The molecule has 0 saturated heterocycles. The van der Waals surface area contributed by atoms with E-state index >= 15 is 0 Å².